The van der Waals surface area contributed by atoms with E-state index in [1.54, 1.807) is 6.33 Å². The van der Waals surface area contributed by atoms with Crippen molar-refractivity contribution in [3.05, 3.63) is 53.6 Å². The molecule has 1 atom stereocenters. The maximum Gasteiger partial charge on any atom is 0.222 e. The molecule has 0 radical (unpaired) electrons. The highest BCUT2D eigenvalue weighted by Crippen LogP contribution is 2.36. The number of H-pyrrole nitrogens is 1. The van der Waals surface area contributed by atoms with E-state index in [0.29, 0.717) is 13.0 Å². The van der Waals surface area contributed by atoms with Crippen molar-refractivity contribution in [2.45, 2.75) is 37.8 Å². The normalized spacial score (nSPS) is 24.5. The molecule has 1 unspecified atom stereocenters. The maximum atomic E-state index is 12.6. The zero-order valence-electron chi connectivity index (χ0n) is 13.2. The maximum absolute atomic E-state index is 12.6. The minimum absolute atomic E-state index is 0.144. The zero-order valence-corrected chi connectivity index (χ0v) is 13.2. The molecule has 2 aliphatic rings. The first-order chi connectivity index (χ1) is 11.3. The summed E-state index contributed by atoms with van der Waals surface area (Å²) >= 11 is 0. The number of fused-ring (bicyclic) bond motifs is 2. The summed E-state index contributed by atoms with van der Waals surface area (Å²) in [6.45, 7) is 2.41. The van der Waals surface area contributed by atoms with Crippen molar-refractivity contribution in [1.82, 2.24) is 20.2 Å². The predicted molar refractivity (Wildman–Crippen MR) is 87.7 cm³/mol. The minimum atomic E-state index is -0.144. The number of nitrogens with zero attached hydrogens (tertiary/aromatic N) is 2. The molecule has 2 N–H and O–H groups in total. The Kier molecular flexibility index (Phi) is 3.65. The second-order valence-electron chi connectivity index (χ2n) is 6.54. The van der Waals surface area contributed by atoms with Gasteiger partial charge in [-0.25, -0.2) is 4.98 Å². The first-order valence-electron chi connectivity index (χ1n) is 8.36. The van der Waals surface area contributed by atoms with Gasteiger partial charge in [0.15, 0.2) is 0 Å². The lowest BCUT2D eigenvalue weighted by atomic mass is 9.83. The Morgan fingerprint density at radius 2 is 2.04 bits per heavy atom. The lowest BCUT2D eigenvalue weighted by Crippen LogP contribution is -2.48. The molecular formula is C18H22N4O. The first-order valence-corrected chi connectivity index (χ1v) is 8.36. The van der Waals surface area contributed by atoms with Crippen LogP contribution >= 0.6 is 0 Å². The number of amides is 1. The van der Waals surface area contributed by atoms with Gasteiger partial charge in [-0.1, -0.05) is 30.3 Å². The summed E-state index contributed by atoms with van der Waals surface area (Å²) in [5.41, 5.74) is 3.40. The summed E-state index contributed by atoms with van der Waals surface area (Å²) < 4.78 is 0. The number of nitrogens with one attached hydrogen (secondary N) is 2. The third kappa shape index (κ3) is 2.65. The topological polar surface area (TPSA) is 61.0 Å². The molecule has 1 aromatic heterocycles. The molecule has 2 aromatic rings. The van der Waals surface area contributed by atoms with Crippen LogP contribution in [-0.2, 0) is 23.3 Å². The van der Waals surface area contributed by atoms with Crippen molar-refractivity contribution in [2.24, 2.45) is 0 Å². The Morgan fingerprint density at radius 3 is 2.91 bits per heavy atom. The van der Waals surface area contributed by atoms with Gasteiger partial charge in [0.25, 0.3) is 0 Å². The van der Waals surface area contributed by atoms with Crippen LogP contribution in [0.15, 0.2) is 36.7 Å². The number of hydrogen-bond donors (Lipinski definition) is 2. The standard InChI is InChI=1S/C18H22N4O/c23-16-6-8-18(17-15(7-10-21-18)19-13-20-17)9-11-22(16)12-14-4-2-1-3-5-14/h1-5,13,21H,6-12H2,(H,19,20). The van der Waals surface area contributed by atoms with E-state index in [-0.39, 0.29) is 11.4 Å². The quantitative estimate of drug-likeness (QED) is 0.891. The number of imidazole rings is 1. The van der Waals surface area contributed by atoms with E-state index in [9.17, 15) is 4.79 Å². The van der Waals surface area contributed by atoms with Crippen LogP contribution in [0, 0.1) is 0 Å². The highest BCUT2D eigenvalue weighted by molar-refractivity contribution is 5.76. The molecular weight excluding hydrogens is 288 g/mol. The van der Waals surface area contributed by atoms with Gasteiger partial charge in [0.1, 0.15) is 0 Å². The van der Waals surface area contributed by atoms with Crippen LogP contribution in [0.4, 0.5) is 0 Å². The molecule has 1 fully saturated rings. The fourth-order valence-corrected chi connectivity index (χ4v) is 3.87. The second kappa shape index (κ2) is 5.81. The summed E-state index contributed by atoms with van der Waals surface area (Å²) in [4.78, 5) is 22.4. The van der Waals surface area contributed by atoms with Crippen LogP contribution in [0.2, 0.25) is 0 Å². The van der Waals surface area contributed by atoms with Crippen LogP contribution in [0.25, 0.3) is 0 Å². The summed E-state index contributed by atoms with van der Waals surface area (Å²) in [5, 5.41) is 3.66. The molecule has 4 rings (SSSR count). The fraction of sp³-hybridized carbons (Fsp3) is 0.444. The Labute approximate surface area is 136 Å². The summed E-state index contributed by atoms with van der Waals surface area (Å²) in [6, 6.07) is 10.2. The van der Waals surface area contributed by atoms with Crippen LogP contribution < -0.4 is 5.32 Å². The fourth-order valence-electron chi connectivity index (χ4n) is 3.87. The van der Waals surface area contributed by atoms with Gasteiger partial charge >= 0.3 is 0 Å². The third-order valence-corrected chi connectivity index (χ3v) is 5.15. The first kappa shape index (κ1) is 14.5. The van der Waals surface area contributed by atoms with Crippen molar-refractivity contribution in [1.29, 1.82) is 0 Å². The van der Waals surface area contributed by atoms with Gasteiger partial charge in [-0.3, -0.25) is 4.79 Å². The summed E-state index contributed by atoms with van der Waals surface area (Å²) in [6.07, 6.45) is 5.09. The van der Waals surface area contributed by atoms with Crippen molar-refractivity contribution in [2.75, 3.05) is 13.1 Å². The molecule has 1 spiro atoms. The average molecular weight is 310 g/mol. The molecule has 1 aromatic carbocycles. The number of benzene rings is 1. The van der Waals surface area contributed by atoms with E-state index >= 15 is 0 Å². The Morgan fingerprint density at radius 1 is 1.17 bits per heavy atom. The molecule has 2 aliphatic heterocycles. The number of aromatic nitrogens is 2. The van der Waals surface area contributed by atoms with E-state index in [4.69, 9.17) is 0 Å². The smallest absolute Gasteiger partial charge is 0.222 e. The Bertz CT molecular complexity index is 696. The molecule has 5 nitrogen and oxygen atoms in total. The molecule has 1 amide bonds. The third-order valence-electron chi connectivity index (χ3n) is 5.15. The lowest BCUT2D eigenvalue weighted by molar-refractivity contribution is -0.131. The molecule has 0 saturated carbocycles. The van der Waals surface area contributed by atoms with Crippen molar-refractivity contribution < 1.29 is 4.79 Å². The molecule has 3 heterocycles. The largest absolute Gasteiger partial charge is 0.348 e. The van der Waals surface area contributed by atoms with E-state index in [1.165, 1.54) is 11.3 Å². The van der Waals surface area contributed by atoms with Gasteiger partial charge in [0, 0.05) is 38.2 Å². The van der Waals surface area contributed by atoms with Gasteiger partial charge in [-0.15, -0.1) is 0 Å². The van der Waals surface area contributed by atoms with Crippen LogP contribution in [0.3, 0.4) is 0 Å². The Hall–Kier alpha value is -2.14. The predicted octanol–water partition coefficient (Wildman–Crippen LogP) is 1.96. The monoisotopic (exact) mass is 310 g/mol. The molecule has 5 heteroatoms. The molecule has 0 bridgehead atoms. The van der Waals surface area contributed by atoms with E-state index in [1.807, 2.05) is 23.1 Å². The van der Waals surface area contributed by atoms with Crippen molar-refractivity contribution in [3.8, 4) is 0 Å². The van der Waals surface area contributed by atoms with Gasteiger partial charge < -0.3 is 15.2 Å². The number of likely N-dealkylation sites (tertiary alicyclic amines) is 1. The zero-order chi connectivity index (χ0) is 15.7. The van der Waals surface area contributed by atoms with Crippen LogP contribution in [-0.4, -0.2) is 33.9 Å². The van der Waals surface area contributed by atoms with E-state index in [2.05, 4.69) is 27.4 Å². The van der Waals surface area contributed by atoms with Gasteiger partial charge in [0.05, 0.1) is 17.6 Å². The Balaban J connectivity index is 1.55. The summed E-state index contributed by atoms with van der Waals surface area (Å²) in [5.74, 6) is 0.246. The number of carbonyl (C=O) groups excluding carboxylic acids is 1. The number of carbonyl (C=O) groups is 1. The van der Waals surface area contributed by atoms with Gasteiger partial charge in [-0.2, -0.15) is 0 Å². The molecule has 120 valence electrons. The molecule has 0 aliphatic carbocycles. The number of aromatic amines is 1. The minimum Gasteiger partial charge on any atom is -0.348 e. The lowest BCUT2D eigenvalue weighted by Gasteiger charge is -2.36. The number of hydrogen-bond acceptors (Lipinski definition) is 3. The van der Waals surface area contributed by atoms with Crippen LogP contribution in [0.5, 0.6) is 0 Å². The molecule has 1 saturated heterocycles. The van der Waals surface area contributed by atoms with E-state index < -0.39 is 0 Å². The van der Waals surface area contributed by atoms with Gasteiger partial charge in [0.2, 0.25) is 5.91 Å². The van der Waals surface area contributed by atoms with Crippen molar-refractivity contribution >= 4 is 5.91 Å². The van der Waals surface area contributed by atoms with Crippen molar-refractivity contribution in [3.63, 3.8) is 0 Å². The number of rotatable bonds is 2. The van der Waals surface area contributed by atoms with Crippen LogP contribution in [0.1, 0.15) is 36.2 Å². The molecule has 23 heavy (non-hydrogen) atoms. The SMILES string of the molecule is O=C1CCC2(CCN1Cc1ccccc1)NCCc1[nH]cnc12. The highest BCUT2D eigenvalue weighted by atomic mass is 16.2. The van der Waals surface area contributed by atoms with E-state index in [0.717, 1.165) is 38.0 Å². The highest BCUT2D eigenvalue weighted by Gasteiger charge is 2.41. The van der Waals surface area contributed by atoms with Gasteiger partial charge in [-0.05, 0) is 18.4 Å². The second-order valence-corrected chi connectivity index (χ2v) is 6.54. The summed E-state index contributed by atoms with van der Waals surface area (Å²) in [7, 11) is 0. The average Bonchev–Trinajstić information content (AvgIpc) is 3.02.